The lowest BCUT2D eigenvalue weighted by atomic mass is 9.87. The highest BCUT2D eigenvalue weighted by molar-refractivity contribution is 5.83. The molecule has 1 heterocycles. The Morgan fingerprint density at radius 1 is 1.05 bits per heavy atom. The number of benzene rings is 1. The van der Waals surface area contributed by atoms with Crippen LogP contribution in [0.25, 0.3) is 17.9 Å². The van der Waals surface area contributed by atoms with Gasteiger partial charge in [-0.3, -0.25) is 0 Å². The molecular weight excluding hydrogens is 248 g/mol. The van der Waals surface area contributed by atoms with Gasteiger partial charge in [-0.25, -0.2) is 0 Å². The quantitative estimate of drug-likeness (QED) is 0.789. The fraction of sp³-hybridized carbons (Fsp3) is 0.0588. The highest BCUT2D eigenvalue weighted by atomic mass is 16.3. The average Bonchev–Trinajstić information content (AvgIpc) is 2.64. The summed E-state index contributed by atoms with van der Waals surface area (Å²) in [4.78, 5) is 0. The van der Waals surface area contributed by atoms with Crippen molar-refractivity contribution in [1.29, 1.82) is 0 Å². The Morgan fingerprint density at radius 2 is 1.95 bits per heavy atom. The average molecular weight is 260 g/mol. The van der Waals surface area contributed by atoms with Crippen molar-refractivity contribution < 1.29 is 5.11 Å². The molecule has 2 aliphatic rings. The first-order chi connectivity index (χ1) is 9.83. The molecule has 0 unspecified atom stereocenters. The predicted molar refractivity (Wildman–Crippen MR) is 78.7 cm³/mol. The van der Waals surface area contributed by atoms with Gasteiger partial charge in [-0.05, 0) is 34.9 Å². The van der Waals surface area contributed by atoms with E-state index in [1.165, 1.54) is 11.1 Å². The van der Waals surface area contributed by atoms with Crippen molar-refractivity contribution >= 4 is 17.9 Å². The largest absolute Gasteiger partial charge is 0.507 e. The van der Waals surface area contributed by atoms with Gasteiger partial charge in [0.25, 0.3) is 0 Å². The van der Waals surface area contributed by atoms with Crippen LogP contribution in [-0.2, 0) is 6.42 Å². The second-order valence-corrected chi connectivity index (χ2v) is 4.97. The Morgan fingerprint density at radius 3 is 2.90 bits per heavy atom. The molecule has 0 aliphatic heterocycles. The molecule has 1 aromatic carbocycles. The van der Waals surface area contributed by atoms with E-state index in [9.17, 15) is 5.11 Å². The van der Waals surface area contributed by atoms with Crippen LogP contribution in [0.2, 0.25) is 0 Å². The molecule has 0 spiro atoms. The number of fused-ring (bicyclic) bond motifs is 3. The van der Waals surface area contributed by atoms with Crippen LogP contribution in [0.1, 0.15) is 22.4 Å². The van der Waals surface area contributed by atoms with Crippen molar-refractivity contribution in [1.82, 2.24) is 10.2 Å². The topological polar surface area (TPSA) is 46.0 Å². The summed E-state index contributed by atoms with van der Waals surface area (Å²) in [5.41, 5.74) is 5.88. The van der Waals surface area contributed by atoms with Crippen molar-refractivity contribution in [2.24, 2.45) is 0 Å². The molecule has 2 aliphatic carbocycles. The molecule has 4 rings (SSSR count). The summed E-state index contributed by atoms with van der Waals surface area (Å²) in [6, 6.07) is 10.1. The molecule has 0 amide bonds. The maximum atomic E-state index is 10.6. The van der Waals surface area contributed by atoms with Gasteiger partial charge in [-0.2, -0.15) is 10.2 Å². The second-order valence-electron chi connectivity index (χ2n) is 4.97. The number of aromatic nitrogens is 2. The van der Waals surface area contributed by atoms with Gasteiger partial charge in [0.15, 0.2) is 0 Å². The molecule has 3 nitrogen and oxygen atoms in total. The fourth-order valence-corrected chi connectivity index (χ4v) is 2.75. The van der Waals surface area contributed by atoms with E-state index in [4.69, 9.17) is 0 Å². The summed E-state index contributed by atoms with van der Waals surface area (Å²) >= 11 is 0. The summed E-state index contributed by atoms with van der Waals surface area (Å²) in [7, 11) is 0. The van der Waals surface area contributed by atoms with Crippen molar-refractivity contribution in [2.45, 2.75) is 6.42 Å². The maximum Gasteiger partial charge on any atom is 0.129 e. The van der Waals surface area contributed by atoms with Gasteiger partial charge >= 0.3 is 0 Å². The monoisotopic (exact) mass is 260 g/mol. The third kappa shape index (κ3) is 1.60. The van der Waals surface area contributed by atoms with Gasteiger partial charge in [-0.15, -0.1) is 0 Å². The summed E-state index contributed by atoms with van der Waals surface area (Å²) in [6.45, 7) is 0. The van der Waals surface area contributed by atoms with E-state index >= 15 is 0 Å². The first-order valence-electron chi connectivity index (χ1n) is 6.55. The number of allylic oxidation sites excluding steroid dienone is 3. The molecular formula is C17H12N2O. The maximum absolute atomic E-state index is 10.6. The van der Waals surface area contributed by atoms with E-state index in [1.807, 2.05) is 24.3 Å². The van der Waals surface area contributed by atoms with Gasteiger partial charge in [0.1, 0.15) is 5.76 Å². The van der Waals surface area contributed by atoms with Crippen LogP contribution in [0.5, 0.6) is 0 Å². The van der Waals surface area contributed by atoms with Crippen LogP contribution in [0.3, 0.4) is 0 Å². The zero-order chi connectivity index (χ0) is 13.5. The highest BCUT2D eigenvalue weighted by Gasteiger charge is 2.21. The predicted octanol–water partition coefficient (Wildman–Crippen LogP) is 3.41. The molecule has 1 aromatic heterocycles. The summed E-state index contributed by atoms with van der Waals surface area (Å²) in [5.74, 6) is 0.306. The number of aliphatic hydroxyl groups is 1. The van der Waals surface area contributed by atoms with Gasteiger partial charge < -0.3 is 5.11 Å². The third-order valence-electron chi connectivity index (χ3n) is 3.79. The SMILES string of the molecule is OC1=C2Cc3ccccc3C=C2C=Cc2nnccc21. The lowest BCUT2D eigenvalue weighted by Gasteiger charge is -2.18. The molecule has 96 valence electrons. The van der Waals surface area contributed by atoms with E-state index in [1.54, 1.807) is 12.3 Å². The summed E-state index contributed by atoms with van der Waals surface area (Å²) in [5, 5.41) is 18.5. The lowest BCUT2D eigenvalue weighted by Crippen LogP contribution is -2.04. The Bertz CT molecular complexity index is 800. The normalized spacial score (nSPS) is 15.9. The third-order valence-corrected chi connectivity index (χ3v) is 3.79. The van der Waals surface area contributed by atoms with Crippen molar-refractivity contribution in [2.75, 3.05) is 0 Å². The Hall–Kier alpha value is -2.68. The first-order valence-corrected chi connectivity index (χ1v) is 6.55. The molecule has 1 N–H and O–H groups in total. The molecule has 3 heteroatoms. The van der Waals surface area contributed by atoms with Crippen molar-refractivity contribution in [3.63, 3.8) is 0 Å². The lowest BCUT2D eigenvalue weighted by molar-refractivity contribution is 0.505. The zero-order valence-electron chi connectivity index (χ0n) is 10.7. The van der Waals surface area contributed by atoms with Crippen LogP contribution in [-0.4, -0.2) is 15.3 Å². The smallest absolute Gasteiger partial charge is 0.129 e. The second kappa shape index (κ2) is 4.17. The van der Waals surface area contributed by atoms with Crippen LogP contribution in [0.4, 0.5) is 0 Å². The number of rotatable bonds is 0. The molecule has 2 aromatic rings. The zero-order valence-corrected chi connectivity index (χ0v) is 10.7. The van der Waals surface area contributed by atoms with E-state index in [0.29, 0.717) is 11.5 Å². The van der Waals surface area contributed by atoms with E-state index in [2.05, 4.69) is 28.4 Å². The minimum atomic E-state index is 0.306. The summed E-state index contributed by atoms with van der Waals surface area (Å²) < 4.78 is 0. The first kappa shape index (κ1) is 11.2. The van der Waals surface area contributed by atoms with Crippen LogP contribution < -0.4 is 0 Å². The van der Waals surface area contributed by atoms with Crippen molar-refractivity contribution in [3.8, 4) is 0 Å². The standard InChI is InChI=1S/C17H12N2O/c20-17-14-7-8-18-19-16(14)6-5-13-9-11-3-1-2-4-12(11)10-15(13)17/h1-9,20H,10H2. The highest BCUT2D eigenvalue weighted by Crippen LogP contribution is 2.36. The molecule has 0 saturated carbocycles. The molecule has 0 atom stereocenters. The number of aliphatic hydroxyl groups excluding tert-OH is 1. The van der Waals surface area contributed by atoms with E-state index in [-0.39, 0.29) is 0 Å². The van der Waals surface area contributed by atoms with Crippen LogP contribution in [0, 0.1) is 0 Å². The van der Waals surface area contributed by atoms with Crippen LogP contribution >= 0.6 is 0 Å². The molecule has 0 radical (unpaired) electrons. The summed E-state index contributed by atoms with van der Waals surface area (Å²) in [6.07, 6.45) is 8.36. The van der Waals surface area contributed by atoms with Crippen molar-refractivity contribution in [3.05, 3.63) is 76.1 Å². The molecule has 20 heavy (non-hydrogen) atoms. The number of hydrogen-bond acceptors (Lipinski definition) is 3. The Kier molecular flexibility index (Phi) is 2.33. The number of nitrogens with zero attached hydrogens (tertiary/aromatic N) is 2. The van der Waals surface area contributed by atoms with Gasteiger partial charge in [0.05, 0.1) is 11.9 Å². The Labute approximate surface area is 116 Å². The minimum absolute atomic E-state index is 0.306. The van der Waals surface area contributed by atoms with Crippen LogP contribution in [0.15, 0.2) is 53.8 Å². The molecule has 0 fully saturated rings. The number of hydrogen-bond donors (Lipinski definition) is 1. The van der Waals surface area contributed by atoms with E-state index in [0.717, 1.165) is 23.1 Å². The fourth-order valence-electron chi connectivity index (χ4n) is 2.75. The van der Waals surface area contributed by atoms with Gasteiger partial charge in [-0.1, -0.05) is 30.3 Å². The molecule has 0 saturated heterocycles. The Balaban J connectivity index is 1.98. The minimum Gasteiger partial charge on any atom is -0.507 e. The van der Waals surface area contributed by atoms with Gasteiger partial charge in [0.2, 0.25) is 0 Å². The van der Waals surface area contributed by atoms with Gasteiger partial charge in [0, 0.05) is 17.6 Å². The van der Waals surface area contributed by atoms with E-state index < -0.39 is 0 Å². The molecule has 0 bridgehead atoms.